The zero-order valence-corrected chi connectivity index (χ0v) is 17.5. The number of carbonyl (C=O) groups is 4. The number of aryl methyl sites for hydroxylation is 2. The number of anilines is 1. The Labute approximate surface area is 180 Å². The molecule has 1 N–H and O–H groups in total. The number of hydrogen-bond donors (Lipinski definition) is 1. The van der Waals surface area contributed by atoms with E-state index in [0.29, 0.717) is 5.69 Å². The first kappa shape index (κ1) is 20.8. The van der Waals surface area contributed by atoms with Crippen LogP contribution in [-0.4, -0.2) is 41.2 Å². The molecule has 0 saturated heterocycles. The van der Waals surface area contributed by atoms with Crippen LogP contribution in [0, 0.1) is 5.92 Å². The Bertz CT molecular complexity index is 1040. The maximum absolute atomic E-state index is 12.8. The molecular weight excluding hydrogens is 396 g/mol. The average molecular weight is 420 g/mol. The van der Waals surface area contributed by atoms with Gasteiger partial charge in [-0.2, -0.15) is 0 Å². The normalized spacial score (nSPS) is 15.6. The first-order valence-electron chi connectivity index (χ1n) is 10.4. The average Bonchev–Trinajstić information content (AvgIpc) is 3.31. The Balaban J connectivity index is 1.41. The first-order valence-corrected chi connectivity index (χ1v) is 10.4. The van der Waals surface area contributed by atoms with Crippen molar-refractivity contribution in [2.45, 2.75) is 39.2 Å². The van der Waals surface area contributed by atoms with Crippen molar-refractivity contribution in [2.24, 2.45) is 5.92 Å². The van der Waals surface area contributed by atoms with Crippen molar-refractivity contribution < 1.29 is 23.9 Å². The summed E-state index contributed by atoms with van der Waals surface area (Å²) < 4.78 is 5.20. The van der Waals surface area contributed by atoms with Crippen molar-refractivity contribution in [3.63, 3.8) is 0 Å². The largest absolute Gasteiger partial charge is 0.454 e. The van der Waals surface area contributed by atoms with Gasteiger partial charge >= 0.3 is 5.97 Å². The van der Waals surface area contributed by atoms with Gasteiger partial charge in [-0.25, -0.2) is 4.79 Å². The molecule has 0 aromatic heterocycles. The summed E-state index contributed by atoms with van der Waals surface area (Å²) in [6.45, 7) is 2.95. The van der Waals surface area contributed by atoms with Gasteiger partial charge in [0, 0.05) is 5.69 Å². The SMILES string of the molecule is CC(C)[C@@H](C(=O)OCC(=O)Nc1ccc2c(c1)CCC2)N1C(=O)c2ccccc2C1=O. The smallest absolute Gasteiger partial charge is 0.330 e. The third kappa shape index (κ3) is 3.95. The summed E-state index contributed by atoms with van der Waals surface area (Å²) in [5.74, 6) is -2.70. The van der Waals surface area contributed by atoms with Crippen LogP contribution in [-0.2, 0) is 27.2 Å². The fraction of sp³-hybridized carbons (Fsp3) is 0.333. The molecule has 2 aromatic rings. The van der Waals surface area contributed by atoms with Crippen molar-refractivity contribution in [3.05, 3.63) is 64.7 Å². The number of benzene rings is 2. The first-order chi connectivity index (χ1) is 14.9. The van der Waals surface area contributed by atoms with Gasteiger partial charge in [-0.3, -0.25) is 19.3 Å². The third-order valence-corrected chi connectivity index (χ3v) is 5.70. The second-order valence-electron chi connectivity index (χ2n) is 8.21. The van der Waals surface area contributed by atoms with E-state index < -0.39 is 36.3 Å². The predicted octanol–water partition coefficient (Wildman–Crippen LogP) is 2.98. The summed E-state index contributed by atoms with van der Waals surface area (Å²) in [6.07, 6.45) is 3.15. The van der Waals surface area contributed by atoms with Gasteiger partial charge in [0.1, 0.15) is 6.04 Å². The van der Waals surface area contributed by atoms with Gasteiger partial charge in [0.25, 0.3) is 17.7 Å². The molecule has 31 heavy (non-hydrogen) atoms. The quantitative estimate of drug-likeness (QED) is 0.573. The molecule has 1 aliphatic heterocycles. The summed E-state index contributed by atoms with van der Waals surface area (Å²) in [4.78, 5) is 51.5. The molecule has 0 radical (unpaired) electrons. The van der Waals surface area contributed by atoms with E-state index in [1.54, 1.807) is 38.1 Å². The molecule has 2 aliphatic rings. The number of ether oxygens (including phenoxy) is 1. The lowest BCUT2D eigenvalue weighted by Crippen LogP contribution is -2.49. The molecule has 4 rings (SSSR count). The number of rotatable bonds is 6. The highest BCUT2D eigenvalue weighted by Crippen LogP contribution is 2.28. The highest BCUT2D eigenvalue weighted by molar-refractivity contribution is 6.22. The van der Waals surface area contributed by atoms with Crippen molar-refractivity contribution >= 4 is 29.4 Å². The number of imide groups is 1. The van der Waals surface area contributed by atoms with E-state index in [2.05, 4.69) is 5.32 Å². The van der Waals surface area contributed by atoms with Crippen LogP contribution in [0.3, 0.4) is 0 Å². The number of nitrogens with zero attached hydrogens (tertiary/aromatic N) is 1. The standard InChI is InChI=1S/C24H24N2O5/c1-14(2)21(26-22(28)18-8-3-4-9-19(18)23(26)29)24(30)31-13-20(27)25-17-11-10-15-6-5-7-16(15)12-17/h3-4,8-12,14,21H,5-7,13H2,1-2H3,(H,25,27)/t21-/m0/s1. The van der Waals surface area contributed by atoms with Gasteiger partial charge in [-0.1, -0.05) is 32.0 Å². The van der Waals surface area contributed by atoms with E-state index in [1.807, 2.05) is 18.2 Å². The van der Waals surface area contributed by atoms with Crippen LogP contribution in [0.1, 0.15) is 52.1 Å². The molecule has 160 valence electrons. The lowest BCUT2D eigenvalue weighted by molar-refractivity contribution is -0.152. The van der Waals surface area contributed by atoms with Crippen molar-refractivity contribution in [2.75, 3.05) is 11.9 Å². The molecule has 1 atom stereocenters. The maximum Gasteiger partial charge on any atom is 0.330 e. The van der Waals surface area contributed by atoms with Crippen LogP contribution in [0.15, 0.2) is 42.5 Å². The third-order valence-electron chi connectivity index (χ3n) is 5.70. The fourth-order valence-corrected chi connectivity index (χ4v) is 4.20. The molecule has 0 fully saturated rings. The summed E-state index contributed by atoms with van der Waals surface area (Å²) in [5, 5.41) is 2.73. The molecule has 1 heterocycles. The molecule has 7 heteroatoms. The lowest BCUT2D eigenvalue weighted by atomic mass is 10.0. The summed E-state index contributed by atoms with van der Waals surface area (Å²) in [6, 6.07) is 11.1. The summed E-state index contributed by atoms with van der Waals surface area (Å²) in [5.41, 5.74) is 3.70. The highest BCUT2D eigenvalue weighted by Gasteiger charge is 2.44. The van der Waals surface area contributed by atoms with Gasteiger partial charge in [0.15, 0.2) is 6.61 Å². The van der Waals surface area contributed by atoms with Gasteiger partial charge in [0.2, 0.25) is 0 Å². The van der Waals surface area contributed by atoms with Crippen molar-refractivity contribution in [1.82, 2.24) is 4.90 Å². The van der Waals surface area contributed by atoms with Crippen LogP contribution < -0.4 is 5.32 Å². The Hall–Kier alpha value is -3.48. The van der Waals surface area contributed by atoms with E-state index in [1.165, 1.54) is 11.1 Å². The zero-order chi connectivity index (χ0) is 22.1. The number of esters is 1. The number of amides is 3. The van der Waals surface area contributed by atoms with Crippen LogP contribution in [0.4, 0.5) is 5.69 Å². The molecule has 0 saturated carbocycles. The Kier molecular flexibility index (Phi) is 5.59. The van der Waals surface area contributed by atoms with Crippen LogP contribution in [0.2, 0.25) is 0 Å². The Morgan fingerprint density at radius 2 is 1.65 bits per heavy atom. The number of carbonyl (C=O) groups excluding carboxylic acids is 4. The van der Waals surface area contributed by atoms with Crippen molar-refractivity contribution in [3.8, 4) is 0 Å². The minimum Gasteiger partial charge on any atom is -0.454 e. The van der Waals surface area contributed by atoms with E-state index in [0.717, 1.165) is 24.2 Å². The predicted molar refractivity (Wildman–Crippen MR) is 114 cm³/mol. The summed E-state index contributed by atoms with van der Waals surface area (Å²) >= 11 is 0. The minimum absolute atomic E-state index is 0.264. The van der Waals surface area contributed by atoms with E-state index >= 15 is 0 Å². The molecular formula is C24H24N2O5. The molecule has 1 aliphatic carbocycles. The van der Waals surface area contributed by atoms with Crippen LogP contribution in [0.25, 0.3) is 0 Å². The Morgan fingerprint density at radius 1 is 1.00 bits per heavy atom. The number of fused-ring (bicyclic) bond motifs is 2. The molecule has 0 spiro atoms. The topological polar surface area (TPSA) is 92.8 Å². The van der Waals surface area contributed by atoms with Crippen LogP contribution in [0.5, 0.6) is 0 Å². The maximum atomic E-state index is 12.8. The van der Waals surface area contributed by atoms with Gasteiger partial charge < -0.3 is 10.1 Å². The Morgan fingerprint density at radius 3 is 2.29 bits per heavy atom. The molecule has 7 nitrogen and oxygen atoms in total. The lowest BCUT2D eigenvalue weighted by Gasteiger charge is -2.27. The van der Waals surface area contributed by atoms with Crippen LogP contribution >= 0.6 is 0 Å². The second kappa shape index (κ2) is 8.34. The molecule has 0 bridgehead atoms. The zero-order valence-electron chi connectivity index (χ0n) is 17.5. The van der Waals surface area contributed by atoms with E-state index in [-0.39, 0.29) is 17.0 Å². The molecule has 2 aromatic carbocycles. The van der Waals surface area contributed by atoms with E-state index in [9.17, 15) is 19.2 Å². The van der Waals surface area contributed by atoms with E-state index in [4.69, 9.17) is 4.74 Å². The van der Waals surface area contributed by atoms with Gasteiger partial charge in [-0.15, -0.1) is 0 Å². The number of hydrogen-bond acceptors (Lipinski definition) is 5. The molecule has 0 unspecified atom stereocenters. The monoisotopic (exact) mass is 420 g/mol. The van der Waals surface area contributed by atoms with Crippen molar-refractivity contribution in [1.29, 1.82) is 0 Å². The second-order valence-corrected chi connectivity index (χ2v) is 8.21. The number of nitrogens with one attached hydrogen (secondary N) is 1. The molecule has 3 amide bonds. The fourth-order valence-electron chi connectivity index (χ4n) is 4.20. The summed E-state index contributed by atoms with van der Waals surface area (Å²) in [7, 11) is 0. The van der Waals surface area contributed by atoms with Gasteiger partial charge in [-0.05, 0) is 60.6 Å². The highest BCUT2D eigenvalue weighted by atomic mass is 16.5. The minimum atomic E-state index is -1.11. The van der Waals surface area contributed by atoms with Gasteiger partial charge in [0.05, 0.1) is 11.1 Å².